The summed E-state index contributed by atoms with van der Waals surface area (Å²) in [6.45, 7) is 6.29. The van der Waals surface area contributed by atoms with Crippen LogP contribution in [0.3, 0.4) is 0 Å². The minimum atomic E-state index is 0.442. The number of anilines is 1. The number of fused-ring (bicyclic) bond motifs is 3. The lowest BCUT2D eigenvalue weighted by Crippen LogP contribution is -2.44. The summed E-state index contributed by atoms with van der Waals surface area (Å²) >= 11 is 0. The van der Waals surface area contributed by atoms with E-state index in [-0.39, 0.29) is 0 Å². The highest BCUT2D eigenvalue weighted by Crippen LogP contribution is 2.40. The molecule has 3 fully saturated rings. The van der Waals surface area contributed by atoms with Crippen LogP contribution in [0.1, 0.15) is 57.6 Å². The fraction of sp³-hybridized carbons (Fsp3) is 0.581. The Morgan fingerprint density at radius 2 is 1.84 bits per heavy atom. The molecule has 0 radical (unpaired) electrons. The number of hydrogen-bond donors (Lipinski definition) is 1. The van der Waals surface area contributed by atoms with E-state index >= 15 is 0 Å². The zero-order chi connectivity index (χ0) is 26.1. The summed E-state index contributed by atoms with van der Waals surface area (Å²) < 4.78 is 18.2. The van der Waals surface area contributed by atoms with Crippen LogP contribution in [0.15, 0.2) is 34.7 Å². The van der Waals surface area contributed by atoms with Crippen LogP contribution in [0.5, 0.6) is 11.5 Å². The van der Waals surface area contributed by atoms with Crippen molar-refractivity contribution in [2.75, 3.05) is 45.7 Å². The average Bonchev–Trinajstić information content (AvgIpc) is 3.66. The van der Waals surface area contributed by atoms with Crippen molar-refractivity contribution in [1.82, 2.24) is 14.8 Å². The molecule has 2 bridgehead atoms. The molecule has 0 amide bonds. The topological polar surface area (TPSA) is 63.0 Å². The molecule has 1 aromatic carbocycles. The molecule has 1 N–H and O–H groups in total. The Hall–Kier alpha value is -2.77. The minimum Gasteiger partial charge on any atom is -0.493 e. The maximum atomic E-state index is 6.26. The second-order valence-corrected chi connectivity index (χ2v) is 11.3. The summed E-state index contributed by atoms with van der Waals surface area (Å²) in [4.78, 5) is 10.1. The number of rotatable bonds is 10. The first-order chi connectivity index (χ1) is 18.6. The zero-order valence-electron chi connectivity index (χ0n) is 23.2. The first-order valence-corrected chi connectivity index (χ1v) is 14.6. The van der Waals surface area contributed by atoms with Crippen LogP contribution in [-0.4, -0.2) is 73.3 Å². The Morgan fingerprint density at radius 1 is 1.05 bits per heavy atom. The Balaban J connectivity index is 1.30. The number of nitrogens with one attached hydrogen (secondary N) is 1. The third-order valence-electron chi connectivity index (χ3n) is 8.89. The number of hydrogen-bond acceptors (Lipinski definition) is 7. The van der Waals surface area contributed by atoms with Gasteiger partial charge in [-0.15, -0.1) is 0 Å². The number of benzene rings is 1. The van der Waals surface area contributed by atoms with Crippen molar-refractivity contribution in [2.24, 2.45) is 0 Å². The van der Waals surface area contributed by atoms with Crippen molar-refractivity contribution in [3.8, 4) is 23.0 Å². The highest BCUT2D eigenvalue weighted by Gasteiger charge is 2.38. The summed E-state index contributed by atoms with van der Waals surface area (Å²) in [6.07, 6.45) is 9.45. The van der Waals surface area contributed by atoms with Gasteiger partial charge in [0.25, 0.3) is 0 Å². The highest BCUT2D eigenvalue weighted by atomic mass is 16.5. The zero-order valence-corrected chi connectivity index (χ0v) is 23.2. The van der Waals surface area contributed by atoms with Gasteiger partial charge in [-0.05, 0) is 89.3 Å². The van der Waals surface area contributed by atoms with Gasteiger partial charge >= 0.3 is 0 Å². The molecule has 3 saturated heterocycles. The lowest BCUT2D eigenvalue weighted by molar-refractivity contribution is 0.169. The number of piperidine rings is 1. The second-order valence-electron chi connectivity index (χ2n) is 11.3. The Morgan fingerprint density at radius 3 is 2.55 bits per heavy atom. The lowest BCUT2D eigenvalue weighted by atomic mass is 9.97. The fourth-order valence-electron chi connectivity index (χ4n) is 6.68. The standard InChI is InChI=1S/C31H42N4O3/c1-4-24-10-11-29(38-24)28-19-26(32-21-16-22-8-9-23(17-21)34(22)2)25-18-30(36-3)31(20-27(25)33-28)37-15-7-14-35-12-5-6-13-35/h10-11,18-23H,4-9,12-17H2,1-3H3,(H,32,33). The number of aromatic nitrogens is 1. The molecule has 0 aliphatic carbocycles. The summed E-state index contributed by atoms with van der Waals surface area (Å²) in [5.41, 5.74) is 2.83. The van der Waals surface area contributed by atoms with E-state index in [9.17, 15) is 0 Å². The predicted molar refractivity (Wildman–Crippen MR) is 152 cm³/mol. The molecule has 2 aromatic heterocycles. The van der Waals surface area contributed by atoms with E-state index in [4.69, 9.17) is 18.9 Å². The monoisotopic (exact) mass is 518 g/mol. The van der Waals surface area contributed by atoms with E-state index in [2.05, 4.69) is 41.2 Å². The van der Waals surface area contributed by atoms with Crippen molar-refractivity contribution in [2.45, 2.75) is 76.4 Å². The van der Waals surface area contributed by atoms with E-state index in [1.54, 1.807) is 7.11 Å². The molecule has 6 rings (SSSR count). The third kappa shape index (κ3) is 5.23. The van der Waals surface area contributed by atoms with Crippen LogP contribution in [0, 0.1) is 0 Å². The number of pyridine rings is 1. The van der Waals surface area contributed by atoms with Crippen molar-refractivity contribution >= 4 is 16.6 Å². The largest absolute Gasteiger partial charge is 0.493 e. The number of nitrogens with zero attached hydrogens (tertiary/aromatic N) is 3. The summed E-state index contributed by atoms with van der Waals surface area (Å²) in [5, 5.41) is 4.98. The first kappa shape index (κ1) is 25.5. The lowest BCUT2D eigenvalue weighted by Gasteiger charge is -2.37. The van der Waals surface area contributed by atoms with Crippen LogP contribution in [0.2, 0.25) is 0 Å². The van der Waals surface area contributed by atoms with Gasteiger partial charge in [-0.2, -0.15) is 0 Å². The number of likely N-dealkylation sites (tertiary alicyclic amines) is 1. The van der Waals surface area contributed by atoms with Gasteiger partial charge in [0.2, 0.25) is 0 Å². The number of ether oxygens (including phenoxy) is 2. The van der Waals surface area contributed by atoms with Gasteiger partial charge in [0, 0.05) is 48.2 Å². The number of methoxy groups -OCH3 is 1. The molecular weight excluding hydrogens is 476 g/mol. The average molecular weight is 519 g/mol. The summed E-state index contributed by atoms with van der Waals surface area (Å²) in [6, 6.07) is 12.2. The summed E-state index contributed by atoms with van der Waals surface area (Å²) in [5.74, 6) is 3.29. The molecule has 5 heterocycles. The van der Waals surface area contributed by atoms with Gasteiger partial charge in [0.15, 0.2) is 17.3 Å². The van der Waals surface area contributed by atoms with E-state index in [0.29, 0.717) is 24.7 Å². The van der Waals surface area contributed by atoms with Crippen molar-refractivity contribution in [1.29, 1.82) is 0 Å². The van der Waals surface area contributed by atoms with Crippen LogP contribution in [0.4, 0.5) is 5.69 Å². The molecular formula is C31H42N4O3. The van der Waals surface area contributed by atoms with E-state index < -0.39 is 0 Å². The van der Waals surface area contributed by atoms with Crippen LogP contribution in [-0.2, 0) is 6.42 Å². The molecule has 3 aromatic rings. The van der Waals surface area contributed by atoms with Gasteiger partial charge in [-0.3, -0.25) is 0 Å². The second kappa shape index (κ2) is 11.1. The highest BCUT2D eigenvalue weighted by molar-refractivity contribution is 5.95. The van der Waals surface area contributed by atoms with Gasteiger partial charge in [0.1, 0.15) is 11.5 Å². The van der Waals surface area contributed by atoms with E-state index in [1.807, 2.05) is 18.2 Å². The van der Waals surface area contributed by atoms with Gasteiger partial charge < -0.3 is 29.0 Å². The van der Waals surface area contributed by atoms with Crippen molar-refractivity contribution in [3.63, 3.8) is 0 Å². The molecule has 0 saturated carbocycles. The third-order valence-corrected chi connectivity index (χ3v) is 8.89. The van der Waals surface area contributed by atoms with Crippen LogP contribution < -0.4 is 14.8 Å². The van der Waals surface area contributed by atoms with Gasteiger partial charge in [-0.1, -0.05) is 6.92 Å². The normalized spacial score (nSPS) is 23.8. The molecule has 7 heteroatoms. The maximum Gasteiger partial charge on any atom is 0.163 e. The maximum absolute atomic E-state index is 6.26. The Bertz CT molecular complexity index is 1240. The minimum absolute atomic E-state index is 0.442. The van der Waals surface area contributed by atoms with Crippen molar-refractivity contribution in [3.05, 3.63) is 36.1 Å². The predicted octanol–water partition coefficient (Wildman–Crippen LogP) is 5.97. The van der Waals surface area contributed by atoms with E-state index in [1.165, 1.54) is 51.6 Å². The van der Waals surface area contributed by atoms with Crippen LogP contribution in [0.25, 0.3) is 22.4 Å². The molecule has 204 valence electrons. The molecule has 2 unspecified atom stereocenters. The van der Waals surface area contributed by atoms with Gasteiger partial charge in [-0.25, -0.2) is 4.98 Å². The summed E-state index contributed by atoms with van der Waals surface area (Å²) in [7, 11) is 4.01. The fourth-order valence-corrected chi connectivity index (χ4v) is 6.68. The molecule has 38 heavy (non-hydrogen) atoms. The Kier molecular flexibility index (Phi) is 7.48. The molecule has 2 atom stereocenters. The van der Waals surface area contributed by atoms with Crippen LogP contribution >= 0.6 is 0 Å². The molecule has 0 spiro atoms. The number of aryl methyl sites for hydroxylation is 1. The molecule has 3 aliphatic heterocycles. The Labute approximate surface area is 226 Å². The van der Waals surface area contributed by atoms with Gasteiger partial charge in [0.05, 0.1) is 19.2 Å². The molecule has 7 nitrogen and oxygen atoms in total. The number of furan rings is 1. The first-order valence-electron chi connectivity index (χ1n) is 14.6. The van der Waals surface area contributed by atoms with Crippen molar-refractivity contribution < 1.29 is 13.9 Å². The molecule has 3 aliphatic rings. The smallest absolute Gasteiger partial charge is 0.163 e. The van der Waals surface area contributed by atoms with E-state index in [0.717, 1.165) is 64.7 Å². The quantitative estimate of drug-likeness (QED) is 0.332. The SMILES string of the molecule is CCc1ccc(-c2cc(NC3CC4CCC(C3)N4C)c3cc(OC)c(OCCCN4CCCC4)cc3n2)o1.